The van der Waals surface area contributed by atoms with Gasteiger partial charge in [-0.25, -0.2) is 0 Å². The van der Waals surface area contributed by atoms with Crippen molar-refractivity contribution in [3.8, 4) is 0 Å². The van der Waals surface area contributed by atoms with Crippen molar-refractivity contribution in [1.82, 2.24) is 19.6 Å². The van der Waals surface area contributed by atoms with E-state index in [9.17, 15) is 24.0 Å². The molecule has 0 aliphatic carbocycles. The molecule has 0 saturated carbocycles. The van der Waals surface area contributed by atoms with E-state index in [2.05, 4.69) is 307 Å². The first-order valence-corrected chi connectivity index (χ1v) is 48.1. The first-order valence-electron chi connectivity index (χ1n) is 48.1. The second kappa shape index (κ2) is 51.0. The van der Waals surface area contributed by atoms with Crippen LogP contribution in [-0.4, -0.2) is 98.4 Å². The van der Waals surface area contributed by atoms with Gasteiger partial charge in [-0.2, -0.15) is 0 Å². The molecule has 4 amide bonds. The van der Waals surface area contributed by atoms with Crippen LogP contribution in [0.25, 0.3) is 18.2 Å². The second-order valence-electron chi connectivity index (χ2n) is 36.3. The number of benzene rings is 14. The number of carbonyl (C=O) groups excluding carboxylic acids is 5. The van der Waals surface area contributed by atoms with Gasteiger partial charge in [0.1, 0.15) is 5.78 Å². The number of amides is 4. The fourth-order valence-electron chi connectivity index (χ4n) is 20.1. The third-order valence-electron chi connectivity index (χ3n) is 26.5. The largest absolute Gasteiger partial charge is 0.339 e. The van der Waals surface area contributed by atoms with E-state index in [1.165, 1.54) is 66.8 Å². The minimum Gasteiger partial charge on any atom is -0.339 e. The number of hydrogen-bond acceptors (Lipinski definition) is 5. The van der Waals surface area contributed by atoms with Gasteiger partial charge in [-0.05, 0) is 174 Å². The van der Waals surface area contributed by atoms with Crippen molar-refractivity contribution >= 4 is 47.6 Å². The predicted molar refractivity (Wildman–Crippen MR) is 551 cm³/mol. The van der Waals surface area contributed by atoms with Gasteiger partial charge >= 0.3 is 0 Å². The molecule has 9 nitrogen and oxygen atoms in total. The lowest BCUT2D eigenvalue weighted by Crippen LogP contribution is -2.54. The first-order chi connectivity index (χ1) is 65.8. The van der Waals surface area contributed by atoms with Gasteiger partial charge in [0.2, 0.25) is 23.6 Å². The fourth-order valence-corrected chi connectivity index (χ4v) is 20.1. The van der Waals surface area contributed by atoms with Crippen LogP contribution in [0.3, 0.4) is 0 Å². The minimum atomic E-state index is -0.0418. The van der Waals surface area contributed by atoms with E-state index in [0.717, 1.165) is 106 Å². The first kappa shape index (κ1) is 95.9. The highest BCUT2D eigenvalue weighted by molar-refractivity contribution is 5.86. The Hall–Kier alpha value is -14.2. The SMILES string of the molecule is C=Cc1ccccc1.C[C@@H]1C/C(=C\c2ccccc2)C[C@H](Cc2ccccc2)N1C(=O)Cc1ccccc1.C[C@@H]1CC(=O)C[C@H](Cc2ccccc2)N1C(=O)Cc1ccccc1.O=C(Cc1ccccc1)N1CC/C(=C\c2ccccc2)C(Cc2ccccc2)C1Cc1ccccc1.O=C(Cc1ccccc1)N1CCC(Cc2ccccc2)[C@@H](Cc2ccccc2)[C@@H]1Cc1ccccc1. The van der Waals surface area contributed by atoms with Crippen LogP contribution in [0.1, 0.15) is 130 Å². The van der Waals surface area contributed by atoms with Crippen molar-refractivity contribution in [3.63, 3.8) is 0 Å². The molecular formula is C125H128N4O5. The van der Waals surface area contributed by atoms with Gasteiger partial charge in [0, 0.05) is 68.1 Å². The molecule has 4 aliphatic rings. The minimum absolute atomic E-state index is 0.0313. The average molecular weight is 1770 g/mol. The highest BCUT2D eigenvalue weighted by Crippen LogP contribution is 2.40. The molecule has 0 radical (unpaired) electrons. The smallest absolute Gasteiger partial charge is 0.227 e. The normalized spacial score (nSPS) is 19.1. The van der Waals surface area contributed by atoms with E-state index in [1.54, 1.807) is 0 Å². The van der Waals surface area contributed by atoms with Gasteiger partial charge in [0.05, 0.1) is 25.7 Å². The highest BCUT2D eigenvalue weighted by Gasteiger charge is 2.42. The van der Waals surface area contributed by atoms with E-state index in [1.807, 2.05) is 176 Å². The lowest BCUT2D eigenvalue weighted by molar-refractivity contribution is -0.141. The molecule has 678 valence electrons. The second-order valence-corrected chi connectivity index (χ2v) is 36.3. The molecule has 134 heavy (non-hydrogen) atoms. The zero-order valence-corrected chi connectivity index (χ0v) is 77.8. The summed E-state index contributed by atoms with van der Waals surface area (Å²) < 4.78 is 0. The van der Waals surface area contributed by atoms with Gasteiger partial charge in [0.25, 0.3) is 0 Å². The monoisotopic (exact) mass is 1760 g/mol. The lowest BCUT2D eigenvalue weighted by atomic mass is 9.72. The van der Waals surface area contributed by atoms with Crippen LogP contribution < -0.4 is 0 Å². The van der Waals surface area contributed by atoms with Crippen LogP contribution in [0.2, 0.25) is 0 Å². The standard InChI is InChI=1S/C34H35NO.C34H33NO.C28H29NO.C21H23NO2.C8H8/c2*36-34(26-30-19-11-4-12-20-30)35-22-21-31(23-27-13-5-1-6-14-27)32(24-28-15-7-2-8-16-28)33(35)25-29-17-9-3-10-18-29;1-22-17-26(18-23-11-5-2-6-12-23)20-27(19-24-13-7-3-8-14-24)29(22)28(30)21-25-15-9-4-10-16-25;1-16-12-20(23)15-19(13-17-8-4-2-5-9-17)22(16)21(24)14-18-10-6-3-7-11-18;1-2-8-6-4-3-5-7-8/h1-20,31-33H,21-26H2;1-20,23,32-33H,21-22,24-26H2;2-16,18,22,27H,17,19-21H2,1H3;2-11,16,19H,12-15H2,1H3;2-7H,1H2/b;31-23+;26-18+;;/t31?,32-,33+;;22-,27+;16-,19+;/m1.11./s1. The molecule has 3 unspecified atom stereocenters. The maximum Gasteiger partial charge on any atom is 0.227 e. The van der Waals surface area contributed by atoms with Crippen LogP contribution in [0, 0.1) is 17.8 Å². The number of likely N-dealkylation sites (tertiary alicyclic amines) is 4. The van der Waals surface area contributed by atoms with Crippen molar-refractivity contribution in [1.29, 1.82) is 0 Å². The summed E-state index contributed by atoms with van der Waals surface area (Å²) in [6, 6.07) is 146. The Kier molecular flexibility index (Phi) is 36.5. The summed E-state index contributed by atoms with van der Waals surface area (Å²) in [5.41, 5.74) is 19.9. The number of piperidine rings is 4. The summed E-state index contributed by atoms with van der Waals surface area (Å²) in [7, 11) is 0. The van der Waals surface area contributed by atoms with Gasteiger partial charge in [-0.15, -0.1) is 0 Å². The lowest BCUT2D eigenvalue weighted by Gasteiger charge is -2.46. The number of nitrogens with zero attached hydrogens (tertiary/aromatic N) is 4. The van der Waals surface area contributed by atoms with Gasteiger partial charge < -0.3 is 19.6 Å². The molecule has 4 fully saturated rings. The Morgan fingerprint density at radius 3 is 0.955 bits per heavy atom. The third kappa shape index (κ3) is 29.4. The average Bonchev–Trinajstić information content (AvgIpc) is 0.800. The Bertz CT molecular complexity index is 5930. The number of hydrogen-bond donors (Lipinski definition) is 0. The molecule has 18 rings (SSSR count). The number of carbonyl (C=O) groups is 5. The van der Waals surface area contributed by atoms with Crippen molar-refractivity contribution in [2.75, 3.05) is 13.1 Å². The van der Waals surface area contributed by atoms with E-state index >= 15 is 0 Å². The molecule has 0 N–H and O–H groups in total. The summed E-state index contributed by atoms with van der Waals surface area (Å²) in [4.78, 5) is 74.3. The summed E-state index contributed by atoms with van der Waals surface area (Å²) >= 11 is 0. The van der Waals surface area contributed by atoms with E-state index in [0.29, 0.717) is 50.4 Å². The Morgan fingerprint density at radius 1 is 0.291 bits per heavy atom. The van der Waals surface area contributed by atoms with E-state index < -0.39 is 0 Å². The van der Waals surface area contributed by atoms with Crippen molar-refractivity contribution in [2.45, 2.75) is 159 Å². The van der Waals surface area contributed by atoms with Gasteiger partial charge in [-0.3, -0.25) is 24.0 Å². The summed E-state index contributed by atoms with van der Waals surface area (Å²) in [6.07, 6.45) is 19.3. The van der Waals surface area contributed by atoms with E-state index in [4.69, 9.17) is 0 Å². The quantitative estimate of drug-likeness (QED) is 0.0568. The molecule has 4 heterocycles. The zero-order valence-electron chi connectivity index (χ0n) is 77.8. The summed E-state index contributed by atoms with van der Waals surface area (Å²) in [5, 5.41) is 0. The third-order valence-corrected chi connectivity index (χ3v) is 26.5. The predicted octanol–water partition coefficient (Wildman–Crippen LogP) is 25.5. The molecule has 4 saturated heterocycles. The molecule has 0 spiro atoms. The maximum atomic E-state index is 13.8. The van der Waals surface area contributed by atoms with E-state index in [-0.39, 0.29) is 71.6 Å². The van der Waals surface area contributed by atoms with Crippen LogP contribution in [0.15, 0.2) is 442 Å². The molecule has 4 aliphatic heterocycles. The van der Waals surface area contributed by atoms with Crippen LogP contribution in [0.4, 0.5) is 0 Å². The maximum absolute atomic E-state index is 13.8. The molecule has 0 aromatic heterocycles. The Morgan fingerprint density at radius 2 is 0.582 bits per heavy atom. The van der Waals surface area contributed by atoms with Crippen molar-refractivity contribution < 1.29 is 24.0 Å². The Balaban J connectivity index is 0.000000140. The number of ketones is 1. The van der Waals surface area contributed by atoms with Crippen molar-refractivity contribution in [2.24, 2.45) is 17.8 Å². The molecule has 0 bridgehead atoms. The summed E-state index contributed by atoms with van der Waals surface area (Å²) in [6.45, 7) is 9.39. The molecule has 9 heteroatoms. The molecular weight excluding hydrogens is 1640 g/mol. The van der Waals surface area contributed by atoms with Gasteiger partial charge in [0.15, 0.2) is 0 Å². The summed E-state index contributed by atoms with van der Waals surface area (Å²) in [5.74, 6) is 2.24. The van der Waals surface area contributed by atoms with Gasteiger partial charge in [-0.1, -0.05) is 461 Å². The molecule has 14 aromatic carbocycles. The van der Waals surface area contributed by atoms with Crippen LogP contribution >= 0.6 is 0 Å². The van der Waals surface area contributed by atoms with Crippen LogP contribution in [-0.2, 0) is 94.6 Å². The zero-order chi connectivity index (χ0) is 92.7. The fraction of sp³-hybridized carbons (Fsp3) is 0.240. The molecule has 14 aromatic rings. The highest BCUT2D eigenvalue weighted by atomic mass is 16.2. The van der Waals surface area contributed by atoms with Crippen LogP contribution in [0.5, 0.6) is 0 Å². The van der Waals surface area contributed by atoms with Crippen molar-refractivity contribution in [3.05, 3.63) is 520 Å². The number of Topliss-reactive ketones (excluding diaryl/α,β-unsaturated/α-hetero) is 1. The number of rotatable bonds is 25. The Labute approximate surface area is 796 Å². The topological polar surface area (TPSA) is 98.3 Å². The molecule has 9 atom stereocenters.